The number of benzene rings is 1. The Balaban J connectivity index is 2.18. The maximum absolute atomic E-state index is 12.1. The molecule has 0 unspecified atom stereocenters. The number of aliphatic hydroxyl groups excluding tert-OH is 1. The molecule has 5 heteroatoms. The van der Waals surface area contributed by atoms with Crippen LogP contribution >= 0.6 is 0 Å². The molecule has 5 nitrogen and oxygen atoms in total. The molecule has 0 aliphatic heterocycles. The smallest absolute Gasteiger partial charge is 0.255 e. The molecule has 3 N–H and O–H groups in total. The van der Waals surface area contributed by atoms with Gasteiger partial charge in [0.05, 0.1) is 24.8 Å². The predicted octanol–water partition coefficient (Wildman–Crippen LogP) is 1.05. The Hall–Kier alpha value is -1.75. The molecule has 1 amide bonds. The van der Waals surface area contributed by atoms with Crippen molar-refractivity contribution in [1.29, 1.82) is 0 Å². The fourth-order valence-corrected chi connectivity index (χ4v) is 2.06. The molecular weight excluding hydrogens is 234 g/mol. The van der Waals surface area contributed by atoms with Crippen molar-refractivity contribution in [3.63, 3.8) is 0 Å². The van der Waals surface area contributed by atoms with E-state index in [1.54, 1.807) is 6.07 Å². The second-order valence-corrected chi connectivity index (χ2v) is 4.63. The first-order valence-electron chi connectivity index (χ1n) is 5.91. The van der Waals surface area contributed by atoms with Crippen molar-refractivity contribution in [2.45, 2.75) is 24.8 Å². The third kappa shape index (κ3) is 2.26. The van der Waals surface area contributed by atoms with Crippen molar-refractivity contribution >= 4 is 5.91 Å². The van der Waals surface area contributed by atoms with E-state index in [0.717, 1.165) is 19.3 Å². The summed E-state index contributed by atoms with van der Waals surface area (Å²) < 4.78 is 5.02. The van der Waals surface area contributed by atoms with Crippen LogP contribution in [-0.2, 0) is 0 Å². The van der Waals surface area contributed by atoms with Gasteiger partial charge >= 0.3 is 0 Å². The van der Waals surface area contributed by atoms with Crippen molar-refractivity contribution in [3.05, 3.63) is 23.8 Å². The maximum Gasteiger partial charge on any atom is 0.255 e. The average molecular weight is 251 g/mol. The number of rotatable bonds is 4. The molecule has 0 radical (unpaired) electrons. The second kappa shape index (κ2) is 4.86. The van der Waals surface area contributed by atoms with Crippen LogP contribution in [0.5, 0.6) is 11.5 Å². The Kier molecular flexibility index (Phi) is 3.43. The van der Waals surface area contributed by atoms with Crippen LogP contribution in [0.25, 0.3) is 0 Å². The Morgan fingerprint density at radius 2 is 2.22 bits per heavy atom. The topological polar surface area (TPSA) is 78.8 Å². The molecule has 0 spiro atoms. The summed E-state index contributed by atoms with van der Waals surface area (Å²) in [6.07, 6.45) is 2.52. The number of carbonyl (C=O) groups excluding carboxylic acids is 1. The highest BCUT2D eigenvalue weighted by Crippen LogP contribution is 2.32. The summed E-state index contributed by atoms with van der Waals surface area (Å²) in [5.41, 5.74) is -0.360. The number of methoxy groups -OCH3 is 1. The van der Waals surface area contributed by atoms with E-state index in [4.69, 9.17) is 4.74 Å². The first-order chi connectivity index (χ1) is 8.60. The molecule has 1 aromatic rings. The van der Waals surface area contributed by atoms with E-state index in [1.807, 2.05) is 0 Å². The van der Waals surface area contributed by atoms with Crippen LogP contribution in [-0.4, -0.2) is 35.4 Å². The number of phenols is 1. The molecule has 1 saturated carbocycles. The quantitative estimate of drug-likeness (QED) is 0.747. The molecule has 18 heavy (non-hydrogen) atoms. The number of aromatic hydroxyl groups is 1. The van der Waals surface area contributed by atoms with Gasteiger partial charge in [0, 0.05) is 0 Å². The van der Waals surface area contributed by atoms with Crippen molar-refractivity contribution in [2.75, 3.05) is 13.7 Å². The average Bonchev–Trinajstić information content (AvgIpc) is 2.34. The zero-order valence-electron chi connectivity index (χ0n) is 10.3. The molecule has 98 valence electrons. The summed E-state index contributed by atoms with van der Waals surface area (Å²) in [7, 11) is 1.50. The van der Waals surface area contributed by atoms with E-state index >= 15 is 0 Å². The van der Waals surface area contributed by atoms with Crippen LogP contribution in [0.2, 0.25) is 0 Å². The first-order valence-corrected chi connectivity index (χ1v) is 5.91. The number of ether oxygens (including phenoxy) is 1. The normalized spacial score (nSPS) is 16.8. The minimum atomic E-state index is -0.521. The van der Waals surface area contributed by atoms with Gasteiger partial charge < -0.3 is 20.3 Å². The molecule has 0 heterocycles. The molecule has 1 aromatic carbocycles. The van der Waals surface area contributed by atoms with Crippen LogP contribution in [0.15, 0.2) is 18.2 Å². The Morgan fingerprint density at radius 3 is 2.72 bits per heavy atom. The number of hydrogen-bond acceptors (Lipinski definition) is 4. The number of nitrogens with one attached hydrogen (secondary N) is 1. The zero-order chi connectivity index (χ0) is 13.2. The fraction of sp³-hybridized carbons (Fsp3) is 0.462. The Labute approximate surface area is 105 Å². The number of amides is 1. The second-order valence-electron chi connectivity index (χ2n) is 4.63. The summed E-state index contributed by atoms with van der Waals surface area (Å²) in [6, 6.07) is 4.48. The van der Waals surface area contributed by atoms with E-state index < -0.39 is 5.54 Å². The lowest BCUT2D eigenvalue weighted by Crippen LogP contribution is -2.56. The van der Waals surface area contributed by atoms with E-state index in [2.05, 4.69) is 5.32 Å². The molecule has 0 bridgehead atoms. The van der Waals surface area contributed by atoms with Crippen molar-refractivity contribution in [1.82, 2.24) is 5.32 Å². The number of hydrogen-bond donors (Lipinski definition) is 3. The van der Waals surface area contributed by atoms with Gasteiger partial charge in [-0.2, -0.15) is 0 Å². The highest BCUT2D eigenvalue weighted by atomic mass is 16.5. The molecule has 0 atom stereocenters. The third-order valence-corrected chi connectivity index (χ3v) is 3.44. The van der Waals surface area contributed by atoms with Crippen LogP contribution in [0.4, 0.5) is 0 Å². The van der Waals surface area contributed by atoms with Gasteiger partial charge in [0.1, 0.15) is 11.5 Å². The summed E-state index contributed by atoms with van der Waals surface area (Å²) >= 11 is 0. The van der Waals surface area contributed by atoms with Crippen molar-refractivity contribution in [2.24, 2.45) is 0 Å². The lowest BCUT2D eigenvalue weighted by molar-refractivity contribution is 0.0639. The SMILES string of the molecule is COc1ccc(O)c(C(=O)NC2(CO)CCC2)c1. The fourth-order valence-electron chi connectivity index (χ4n) is 2.06. The first kappa shape index (κ1) is 12.7. The number of carbonyl (C=O) groups is 1. The van der Waals surface area contributed by atoms with Gasteiger partial charge in [0.15, 0.2) is 0 Å². The molecular formula is C13H17NO4. The molecule has 0 saturated heterocycles. The zero-order valence-corrected chi connectivity index (χ0v) is 10.3. The van der Waals surface area contributed by atoms with Crippen LogP contribution in [0.1, 0.15) is 29.6 Å². The van der Waals surface area contributed by atoms with Crippen LogP contribution in [0.3, 0.4) is 0 Å². The van der Waals surface area contributed by atoms with Gasteiger partial charge in [-0.3, -0.25) is 4.79 Å². The van der Waals surface area contributed by atoms with E-state index in [0.29, 0.717) is 5.75 Å². The van der Waals surface area contributed by atoms with Gasteiger partial charge in [0.25, 0.3) is 5.91 Å². The van der Waals surface area contributed by atoms with Gasteiger partial charge in [0.2, 0.25) is 0 Å². The molecule has 0 aromatic heterocycles. The third-order valence-electron chi connectivity index (χ3n) is 3.44. The minimum Gasteiger partial charge on any atom is -0.507 e. The van der Waals surface area contributed by atoms with Crippen LogP contribution < -0.4 is 10.1 Å². The van der Waals surface area contributed by atoms with Gasteiger partial charge in [-0.15, -0.1) is 0 Å². The van der Waals surface area contributed by atoms with Gasteiger partial charge in [-0.1, -0.05) is 0 Å². The summed E-state index contributed by atoms with van der Waals surface area (Å²) in [5, 5.41) is 21.8. The molecule has 1 fully saturated rings. The summed E-state index contributed by atoms with van der Waals surface area (Å²) in [6.45, 7) is -0.0799. The largest absolute Gasteiger partial charge is 0.507 e. The van der Waals surface area contributed by atoms with E-state index in [1.165, 1.54) is 19.2 Å². The van der Waals surface area contributed by atoms with E-state index in [-0.39, 0.29) is 23.8 Å². The maximum atomic E-state index is 12.1. The molecule has 1 aliphatic carbocycles. The minimum absolute atomic E-state index is 0.0799. The molecule has 2 rings (SSSR count). The monoisotopic (exact) mass is 251 g/mol. The highest BCUT2D eigenvalue weighted by molar-refractivity contribution is 5.97. The Bertz CT molecular complexity index is 449. The molecule has 1 aliphatic rings. The van der Waals surface area contributed by atoms with E-state index in [9.17, 15) is 15.0 Å². The lowest BCUT2D eigenvalue weighted by atomic mass is 9.77. The summed E-state index contributed by atoms with van der Waals surface area (Å²) in [4.78, 5) is 12.1. The Morgan fingerprint density at radius 1 is 1.50 bits per heavy atom. The van der Waals surface area contributed by atoms with Crippen molar-refractivity contribution in [3.8, 4) is 11.5 Å². The standard InChI is InChI=1S/C13H17NO4/c1-18-9-3-4-11(16)10(7-9)12(17)14-13(8-15)5-2-6-13/h3-4,7,15-16H,2,5-6,8H2,1H3,(H,14,17). The van der Waals surface area contributed by atoms with Gasteiger partial charge in [-0.05, 0) is 37.5 Å². The van der Waals surface area contributed by atoms with Gasteiger partial charge in [-0.25, -0.2) is 0 Å². The van der Waals surface area contributed by atoms with Crippen LogP contribution in [0, 0.1) is 0 Å². The summed E-state index contributed by atoms with van der Waals surface area (Å²) in [5.74, 6) is 0.0190. The predicted molar refractivity (Wildman–Crippen MR) is 65.8 cm³/mol. The number of aliphatic hydroxyl groups is 1. The number of phenolic OH excluding ortho intramolecular Hbond substituents is 1. The lowest BCUT2D eigenvalue weighted by Gasteiger charge is -2.40. The highest BCUT2D eigenvalue weighted by Gasteiger charge is 2.38. The van der Waals surface area contributed by atoms with Crippen molar-refractivity contribution < 1.29 is 19.7 Å².